The van der Waals surface area contributed by atoms with Crippen LogP contribution >= 0.6 is 0 Å². The minimum Gasteiger partial charge on any atom is -0.452 e. The maximum Gasteiger partial charge on any atom is 0.338 e. The highest BCUT2D eigenvalue weighted by Gasteiger charge is 2.16. The van der Waals surface area contributed by atoms with Crippen molar-refractivity contribution in [1.82, 2.24) is 0 Å². The van der Waals surface area contributed by atoms with Crippen LogP contribution in [0.1, 0.15) is 28.4 Å². The summed E-state index contributed by atoms with van der Waals surface area (Å²) in [7, 11) is 0. The molecule has 0 bridgehead atoms. The highest BCUT2D eigenvalue weighted by molar-refractivity contribution is 5.95. The molecule has 0 spiro atoms. The number of anilines is 1. The van der Waals surface area contributed by atoms with Gasteiger partial charge in [-0.25, -0.2) is 4.79 Å². The predicted molar refractivity (Wildman–Crippen MR) is 92.6 cm³/mol. The summed E-state index contributed by atoms with van der Waals surface area (Å²) in [6.07, 6.45) is 0.897. The molecule has 0 unspecified atom stereocenters. The molecule has 0 aliphatic carbocycles. The van der Waals surface area contributed by atoms with E-state index in [0.717, 1.165) is 18.1 Å². The number of amides is 1. The van der Waals surface area contributed by atoms with E-state index in [4.69, 9.17) is 4.74 Å². The van der Waals surface area contributed by atoms with Crippen molar-refractivity contribution in [3.63, 3.8) is 0 Å². The lowest BCUT2D eigenvalue weighted by Crippen LogP contribution is -2.21. The van der Waals surface area contributed by atoms with Gasteiger partial charge in [-0.2, -0.15) is 0 Å². The summed E-state index contributed by atoms with van der Waals surface area (Å²) in [6, 6.07) is 11.3. The Kier molecular flexibility index (Phi) is 5.84. The lowest BCUT2D eigenvalue weighted by molar-refractivity contribution is -0.385. The van der Waals surface area contributed by atoms with Crippen LogP contribution < -0.4 is 5.32 Å². The Balaban J connectivity index is 1.93. The van der Waals surface area contributed by atoms with Crippen molar-refractivity contribution < 1.29 is 19.2 Å². The molecule has 0 radical (unpaired) electrons. The highest BCUT2D eigenvalue weighted by atomic mass is 16.6. The lowest BCUT2D eigenvalue weighted by atomic mass is 10.1. The summed E-state index contributed by atoms with van der Waals surface area (Å²) in [6.45, 7) is 3.13. The van der Waals surface area contributed by atoms with Gasteiger partial charge < -0.3 is 10.1 Å². The highest BCUT2D eigenvalue weighted by Crippen LogP contribution is 2.19. The van der Waals surface area contributed by atoms with Gasteiger partial charge in [0.15, 0.2) is 6.61 Å². The predicted octanol–water partition coefficient (Wildman–Crippen LogP) is 3.26. The number of nitrogens with one attached hydrogen (secondary N) is 1. The van der Waals surface area contributed by atoms with Crippen LogP contribution in [0.3, 0.4) is 0 Å². The number of ether oxygens (including phenoxy) is 1. The Morgan fingerprint density at radius 3 is 2.44 bits per heavy atom. The maximum absolute atomic E-state index is 11.9. The molecule has 0 saturated heterocycles. The van der Waals surface area contributed by atoms with Crippen molar-refractivity contribution in [3.05, 3.63) is 69.3 Å². The average Bonchev–Trinajstić information content (AvgIpc) is 2.60. The van der Waals surface area contributed by atoms with Crippen LogP contribution in [0.5, 0.6) is 0 Å². The molecule has 0 aliphatic heterocycles. The van der Waals surface area contributed by atoms with Crippen LogP contribution in [-0.2, 0) is 16.0 Å². The second-order valence-corrected chi connectivity index (χ2v) is 5.43. The van der Waals surface area contributed by atoms with Crippen LogP contribution in [0.25, 0.3) is 0 Å². The normalized spacial score (nSPS) is 10.2. The summed E-state index contributed by atoms with van der Waals surface area (Å²) in [4.78, 5) is 34.1. The summed E-state index contributed by atoms with van der Waals surface area (Å²) in [5, 5.41) is 13.5. The van der Waals surface area contributed by atoms with Crippen LogP contribution in [0.4, 0.5) is 11.4 Å². The molecule has 2 aromatic rings. The number of rotatable bonds is 6. The first-order chi connectivity index (χ1) is 11.9. The zero-order valence-corrected chi connectivity index (χ0v) is 13.9. The van der Waals surface area contributed by atoms with E-state index in [2.05, 4.69) is 5.32 Å². The molecule has 1 N–H and O–H groups in total. The third-order valence-corrected chi connectivity index (χ3v) is 3.62. The number of nitro benzene ring substituents is 1. The number of hydrogen-bond donors (Lipinski definition) is 1. The smallest absolute Gasteiger partial charge is 0.338 e. The number of esters is 1. The third-order valence-electron chi connectivity index (χ3n) is 3.62. The van der Waals surface area contributed by atoms with Crippen molar-refractivity contribution in [1.29, 1.82) is 0 Å². The van der Waals surface area contributed by atoms with Crippen LogP contribution in [0.15, 0.2) is 42.5 Å². The zero-order chi connectivity index (χ0) is 18.4. The fourth-order valence-corrected chi connectivity index (χ4v) is 2.17. The first-order valence-electron chi connectivity index (χ1n) is 7.71. The van der Waals surface area contributed by atoms with E-state index in [1.165, 1.54) is 12.1 Å². The standard InChI is InChI=1S/C18H18N2O5/c1-3-13-5-8-15(9-6-13)19-17(21)11-25-18(22)14-7-4-12(2)16(10-14)20(23)24/h4-10H,3,11H2,1-2H3,(H,19,21). The SMILES string of the molecule is CCc1ccc(NC(=O)COC(=O)c2ccc(C)c([N+](=O)[O-])c2)cc1. The van der Waals surface area contributed by atoms with Crippen molar-refractivity contribution >= 4 is 23.3 Å². The number of carbonyl (C=O) groups excluding carboxylic acids is 2. The molecule has 130 valence electrons. The first kappa shape index (κ1) is 18.1. The lowest BCUT2D eigenvalue weighted by Gasteiger charge is -2.07. The van der Waals surface area contributed by atoms with Gasteiger partial charge in [0.25, 0.3) is 11.6 Å². The number of nitrogens with zero attached hydrogens (tertiary/aromatic N) is 1. The summed E-state index contributed by atoms with van der Waals surface area (Å²) in [5.74, 6) is -1.28. The van der Waals surface area contributed by atoms with Gasteiger partial charge >= 0.3 is 5.97 Å². The minimum atomic E-state index is -0.792. The Labute approximate surface area is 144 Å². The molecule has 0 fully saturated rings. The van der Waals surface area contributed by atoms with E-state index < -0.39 is 23.4 Å². The van der Waals surface area contributed by atoms with Gasteiger partial charge in [-0.05, 0) is 37.1 Å². The second-order valence-electron chi connectivity index (χ2n) is 5.43. The van der Waals surface area contributed by atoms with Gasteiger partial charge in [-0.3, -0.25) is 14.9 Å². The van der Waals surface area contributed by atoms with Crippen LogP contribution in [0, 0.1) is 17.0 Å². The summed E-state index contributed by atoms with van der Waals surface area (Å²) in [5.41, 5.74) is 2.04. The fraction of sp³-hybridized carbons (Fsp3) is 0.222. The number of hydrogen-bond acceptors (Lipinski definition) is 5. The van der Waals surface area contributed by atoms with Gasteiger partial charge in [-0.1, -0.05) is 25.1 Å². The van der Waals surface area contributed by atoms with E-state index in [-0.39, 0.29) is 11.3 Å². The Morgan fingerprint density at radius 2 is 1.84 bits per heavy atom. The fourth-order valence-electron chi connectivity index (χ4n) is 2.17. The summed E-state index contributed by atoms with van der Waals surface area (Å²) >= 11 is 0. The van der Waals surface area contributed by atoms with E-state index in [1.54, 1.807) is 19.1 Å². The molecule has 0 atom stereocenters. The molecule has 2 aromatic carbocycles. The van der Waals surface area contributed by atoms with E-state index in [0.29, 0.717) is 11.3 Å². The van der Waals surface area contributed by atoms with Crippen molar-refractivity contribution in [2.45, 2.75) is 20.3 Å². The molecule has 0 heterocycles. The van der Waals surface area contributed by atoms with Crippen LogP contribution in [0.2, 0.25) is 0 Å². The van der Waals surface area contributed by atoms with Crippen LogP contribution in [-0.4, -0.2) is 23.4 Å². The van der Waals surface area contributed by atoms with Crippen molar-refractivity contribution in [2.24, 2.45) is 0 Å². The molecule has 7 heteroatoms. The number of benzene rings is 2. The molecule has 1 amide bonds. The van der Waals surface area contributed by atoms with Gasteiger partial charge in [0, 0.05) is 17.3 Å². The zero-order valence-electron chi connectivity index (χ0n) is 13.9. The summed E-state index contributed by atoms with van der Waals surface area (Å²) < 4.78 is 4.91. The topological polar surface area (TPSA) is 98.5 Å². The van der Waals surface area contributed by atoms with E-state index in [1.807, 2.05) is 19.1 Å². The molecule has 0 saturated carbocycles. The second kappa shape index (κ2) is 8.05. The Bertz CT molecular complexity index is 800. The number of carbonyl (C=O) groups is 2. The van der Waals surface area contributed by atoms with Gasteiger partial charge in [0.1, 0.15) is 0 Å². The molecule has 0 aliphatic rings. The molecular weight excluding hydrogens is 324 g/mol. The average molecular weight is 342 g/mol. The molecule has 7 nitrogen and oxygen atoms in total. The van der Waals surface area contributed by atoms with E-state index >= 15 is 0 Å². The molecule has 2 rings (SSSR count). The monoisotopic (exact) mass is 342 g/mol. The largest absolute Gasteiger partial charge is 0.452 e. The van der Waals surface area contributed by atoms with Gasteiger partial charge in [0.2, 0.25) is 0 Å². The number of aryl methyl sites for hydroxylation is 2. The molecule has 25 heavy (non-hydrogen) atoms. The molecule has 0 aromatic heterocycles. The van der Waals surface area contributed by atoms with Crippen molar-refractivity contribution in [2.75, 3.05) is 11.9 Å². The minimum absolute atomic E-state index is 0.0254. The first-order valence-corrected chi connectivity index (χ1v) is 7.71. The van der Waals surface area contributed by atoms with Crippen molar-refractivity contribution in [3.8, 4) is 0 Å². The maximum atomic E-state index is 11.9. The Morgan fingerprint density at radius 1 is 1.16 bits per heavy atom. The van der Waals surface area contributed by atoms with E-state index in [9.17, 15) is 19.7 Å². The van der Waals surface area contributed by atoms with Gasteiger partial charge in [-0.15, -0.1) is 0 Å². The third kappa shape index (κ3) is 4.87. The molecular formula is C18H18N2O5. The quantitative estimate of drug-likeness (QED) is 0.493. The number of nitro groups is 1. The Hall–Kier alpha value is -3.22. The van der Waals surface area contributed by atoms with Gasteiger partial charge in [0.05, 0.1) is 10.5 Å².